The van der Waals surface area contributed by atoms with Crippen LogP contribution in [-0.2, 0) is 6.54 Å². The average Bonchev–Trinajstić information content (AvgIpc) is 2.38. The van der Waals surface area contributed by atoms with Gasteiger partial charge in [0.25, 0.3) is 0 Å². The maximum absolute atomic E-state index is 13.8. The lowest BCUT2D eigenvalue weighted by Gasteiger charge is -2.11. The summed E-state index contributed by atoms with van der Waals surface area (Å²) in [5.74, 6) is -1.07. The average molecular weight is 337 g/mol. The fourth-order valence-electron chi connectivity index (χ4n) is 1.86. The Labute approximate surface area is 125 Å². The Morgan fingerprint density at radius 1 is 1.30 bits per heavy atom. The number of halogens is 2. The van der Waals surface area contributed by atoms with E-state index in [2.05, 4.69) is 21.2 Å². The number of carbonyl (C=O) groups excluding carboxylic acids is 1. The second-order valence-corrected chi connectivity index (χ2v) is 5.40. The zero-order chi connectivity index (χ0) is 14.7. The Bertz CT molecular complexity index is 658. The Morgan fingerprint density at radius 3 is 2.65 bits per heavy atom. The van der Waals surface area contributed by atoms with Crippen molar-refractivity contribution in [3.05, 3.63) is 63.4 Å². The molecule has 1 amide bonds. The molecule has 0 bridgehead atoms. The normalized spacial score (nSPS) is 10.3. The summed E-state index contributed by atoms with van der Waals surface area (Å²) in [6.07, 6.45) is 0. The second kappa shape index (κ2) is 6.05. The molecule has 0 radical (unpaired) electrons. The van der Waals surface area contributed by atoms with E-state index in [1.807, 2.05) is 25.1 Å². The second-order valence-electron chi connectivity index (χ2n) is 4.48. The molecule has 20 heavy (non-hydrogen) atoms. The molecule has 0 aliphatic heterocycles. The van der Waals surface area contributed by atoms with Crippen molar-refractivity contribution in [2.75, 3.05) is 5.32 Å². The molecule has 0 spiro atoms. The summed E-state index contributed by atoms with van der Waals surface area (Å²) in [5, 5.41) is 3.17. The molecule has 5 heteroatoms. The number of rotatable bonds is 4. The van der Waals surface area contributed by atoms with Crippen LogP contribution in [0.5, 0.6) is 0 Å². The zero-order valence-corrected chi connectivity index (χ0v) is 12.5. The van der Waals surface area contributed by atoms with Crippen LogP contribution in [0.25, 0.3) is 0 Å². The summed E-state index contributed by atoms with van der Waals surface area (Å²) in [4.78, 5) is 11.0. The van der Waals surface area contributed by atoms with Gasteiger partial charge in [-0.15, -0.1) is 0 Å². The van der Waals surface area contributed by atoms with Gasteiger partial charge in [-0.3, -0.25) is 4.79 Å². The van der Waals surface area contributed by atoms with Crippen LogP contribution in [0.2, 0.25) is 0 Å². The molecule has 0 saturated heterocycles. The monoisotopic (exact) mass is 336 g/mol. The summed E-state index contributed by atoms with van der Waals surface area (Å²) in [7, 11) is 0. The van der Waals surface area contributed by atoms with Crippen molar-refractivity contribution in [3.63, 3.8) is 0 Å². The van der Waals surface area contributed by atoms with Crippen LogP contribution in [0.4, 0.5) is 10.1 Å². The third-order valence-corrected chi connectivity index (χ3v) is 3.49. The minimum atomic E-state index is -0.632. The first-order valence-electron chi connectivity index (χ1n) is 6.05. The first-order chi connectivity index (χ1) is 9.47. The van der Waals surface area contributed by atoms with Crippen molar-refractivity contribution < 1.29 is 9.18 Å². The molecular weight excluding hydrogens is 323 g/mol. The lowest BCUT2D eigenvalue weighted by atomic mass is 10.1. The van der Waals surface area contributed by atoms with E-state index < -0.39 is 11.7 Å². The van der Waals surface area contributed by atoms with Gasteiger partial charge in [0.15, 0.2) is 0 Å². The van der Waals surface area contributed by atoms with Gasteiger partial charge in [-0.25, -0.2) is 4.39 Å². The highest BCUT2D eigenvalue weighted by Crippen LogP contribution is 2.21. The predicted octanol–water partition coefficient (Wildman–Crippen LogP) is 3.61. The van der Waals surface area contributed by atoms with Crippen molar-refractivity contribution in [1.82, 2.24) is 0 Å². The number of anilines is 1. The molecule has 0 saturated carbocycles. The van der Waals surface area contributed by atoms with Crippen LogP contribution in [-0.4, -0.2) is 5.91 Å². The van der Waals surface area contributed by atoms with Gasteiger partial charge in [0.1, 0.15) is 5.82 Å². The highest BCUT2D eigenvalue weighted by Gasteiger charge is 2.07. The van der Waals surface area contributed by atoms with E-state index >= 15 is 0 Å². The molecule has 2 aromatic rings. The fraction of sp³-hybridized carbons (Fsp3) is 0.133. The number of primary amides is 1. The van der Waals surface area contributed by atoms with E-state index in [1.165, 1.54) is 6.07 Å². The maximum atomic E-state index is 13.8. The van der Waals surface area contributed by atoms with Crippen molar-refractivity contribution in [2.45, 2.75) is 13.5 Å². The molecule has 3 N–H and O–H groups in total. The minimum Gasteiger partial charge on any atom is -0.381 e. The third-order valence-electron chi connectivity index (χ3n) is 3.00. The van der Waals surface area contributed by atoms with Gasteiger partial charge in [0.2, 0.25) is 5.91 Å². The molecule has 2 rings (SSSR count). The smallest absolute Gasteiger partial charge is 0.248 e. The van der Waals surface area contributed by atoms with E-state index in [0.717, 1.165) is 21.8 Å². The number of aryl methyl sites for hydroxylation is 1. The Morgan fingerprint density at radius 2 is 2.05 bits per heavy atom. The number of benzene rings is 2. The molecule has 3 nitrogen and oxygen atoms in total. The fourth-order valence-corrected chi connectivity index (χ4v) is 2.34. The molecule has 0 aromatic heterocycles. The Kier molecular flexibility index (Phi) is 4.39. The SMILES string of the molecule is Cc1cc(Br)ccc1NCc1ccc(C(N)=O)cc1F. The van der Waals surface area contributed by atoms with Crippen LogP contribution >= 0.6 is 15.9 Å². The standard InChI is InChI=1S/C15H14BrFN2O/c1-9-6-12(16)4-5-14(9)19-8-11-3-2-10(15(18)20)7-13(11)17/h2-7,19H,8H2,1H3,(H2,18,20). The van der Waals surface area contributed by atoms with E-state index in [-0.39, 0.29) is 5.56 Å². The zero-order valence-electron chi connectivity index (χ0n) is 10.9. The van der Waals surface area contributed by atoms with Crippen molar-refractivity contribution >= 4 is 27.5 Å². The van der Waals surface area contributed by atoms with Crippen LogP contribution in [0.15, 0.2) is 40.9 Å². The third kappa shape index (κ3) is 3.36. The molecule has 0 fully saturated rings. The summed E-state index contributed by atoms with van der Waals surface area (Å²) in [6.45, 7) is 2.31. The van der Waals surface area contributed by atoms with Gasteiger partial charge in [0, 0.05) is 27.8 Å². The minimum absolute atomic E-state index is 0.172. The quantitative estimate of drug-likeness (QED) is 0.896. The van der Waals surface area contributed by atoms with Gasteiger partial charge in [-0.1, -0.05) is 22.0 Å². The Balaban J connectivity index is 2.13. The van der Waals surface area contributed by atoms with Crippen molar-refractivity contribution in [1.29, 1.82) is 0 Å². The van der Waals surface area contributed by atoms with E-state index in [0.29, 0.717) is 12.1 Å². The lowest BCUT2D eigenvalue weighted by Crippen LogP contribution is -2.12. The maximum Gasteiger partial charge on any atom is 0.248 e. The molecular formula is C15H14BrFN2O. The van der Waals surface area contributed by atoms with Crippen molar-refractivity contribution in [2.24, 2.45) is 5.73 Å². The Hall–Kier alpha value is -1.88. The van der Waals surface area contributed by atoms with Crippen LogP contribution in [0.1, 0.15) is 21.5 Å². The van der Waals surface area contributed by atoms with Crippen LogP contribution in [0, 0.1) is 12.7 Å². The first kappa shape index (κ1) is 14.5. The predicted molar refractivity (Wildman–Crippen MR) is 81.1 cm³/mol. The summed E-state index contributed by atoms with van der Waals surface area (Å²) < 4.78 is 14.8. The summed E-state index contributed by atoms with van der Waals surface area (Å²) >= 11 is 3.39. The summed E-state index contributed by atoms with van der Waals surface area (Å²) in [5.41, 5.74) is 7.76. The van der Waals surface area contributed by atoms with Gasteiger partial charge in [-0.05, 0) is 42.8 Å². The van der Waals surface area contributed by atoms with Crippen LogP contribution < -0.4 is 11.1 Å². The largest absolute Gasteiger partial charge is 0.381 e. The number of hydrogen-bond acceptors (Lipinski definition) is 2. The number of amides is 1. The van der Waals surface area contributed by atoms with Gasteiger partial charge in [0.05, 0.1) is 0 Å². The van der Waals surface area contributed by atoms with Crippen molar-refractivity contribution in [3.8, 4) is 0 Å². The van der Waals surface area contributed by atoms with Crippen LogP contribution in [0.3, 0.4) is 0 Å². The highest BCUT2D eigenvalue weighted by atomic mass is 79.9. The van der Waals surface area contributed by atoms with Gasteiger partial charge < -0.3 is 11.1 Å². The van der Waals surface area contributed by atoms with E-state index in [1.54, 1.807) is 6.07 Å². The molecule has 0 atom stereocenters. The number of hydrogen-bond donors (Lipinski definition) is 2. The highest BCUT2D eigenvalue weighted by molar-refractivity contribution is 9.10. The van der Waals surface area contributed by atoms with Gasteiger partial charge >= 0.3 is 0 Å². The topological polar surface area (TPSA) is 55.1 Å². The molecule has 0 heterocycles. The molecule has 2 aromatic carbocycles. The molecule has 0 unspecified atom stereocenters. The summed E-state index contributed by atoms with van der Waals surface area (Å²) in [6, 6.07) is 10.1. The lowest BCUT2D eigenvalue weighted by molar-refractivity contribution is 0.1000. The van der Waals surface area contributed by atoms with E-state index in [4.69, 9.17) is 5.73 Å². The number of nitrogens with two attached hydrogens (primary N) is 1. The molecule has 104 valence electrons. The first-order valence-corrected chi connectivity index (χ1v) is 6.85. The molecule has 0 aliphatic carbocycles. The van der Waals surface area contributed by atoms with E-state index in [9.17, 15) is 9.18 Å². The number of carbonyl (C=O) groups is 1. The van der Waals surface area contributed by atoms with Gasteiger partial charge in [-0.2, -0.15) is 0 Å². The number of nitrogens with one attached hydrogen (secondary N) is 1. The molecule has 0 aliphatic rings.